The lowest BCUT2D eigenvalue weighted by atomic mass is 10.1. The third-order valence-electron chi connectivity index (χ3n) is 4.09. The van der Waals surface area contributed by atoms with Crippen LogP contribution in [0.4, 0.5) is 4.39 Å². The zero-order valence-corrected chi connectivity index (χ0v) is 16.2. The molecule has 0 aliphatic heterocycles. The first kappa shape index (κ1) is 20.6. The average Bonchev–Trinajstić information content (AvgIpc) is 2.69. The van der Waals surface area contributed by atoms with Gasteiger partial charge in [0.2, 0.25) is 0 Å². The molecule has 0 fully saturated rings. The van der Waals surface area contributed by atoms with Crippen LogP contribution in [0.25, 0.3) is 0 Å². The molecule has 0 atom stereocenters. The minimum absolute atomic E-state index is 0.218. The maximum absolute atomic E-state index is 13.7. The van der Waals surface area contributed by atoms with Crippen LogP contribution in [-0.2, 0) is 13.0 Å². The summed E-state index contributed by atoms with van der Waals surface area (Å²) >= 11 is 0. The summed E-state index contributed by atoms with van der Waals surface area (Å²) in [6.45, 7) is 3.71. The fourth-order valence-corrected chi connectivity index (χ4v) is 2.69. The van der Waals surface area contributed by atoms with Crippen LogP contribution in [0.3, 0.4) is 0 Å². The highest BCUT2D eigenvalue weighted by Gasteiger charge is 2.06. The van der Waals surface area contributed by atoms with Gasteiger partial charge in [0.05, 0.1) is 13.7 Å². The molecule has 0 bridgehead atoms. The maximum Gasteiger partial charge on any atom is 0.191 e. The highest BCUT2D eigenvalue weighted by atomic mass is 19.1. The molecule has 0 aliphatic rings. The predicted molar refractivity (Wildman–Crippen MR) is 107 cm³/mol. The van der Waals surface area contributed by atoms with Gasteiger partial charge in [0.25, 0.3) is 0 Å². The average molecular weight is 373 g/mol. The van der Waals surface area contributed by atoms with E-state index in [2.05, 4.69) is 15.6 Å². The first-order valence-corrected chi connectivity index (χ1v) is 9.15. The Labute approximate surface area is 160 Å². The van der Waals surface area contributed by atoms with E-state index in [4.69, 9.17) is 9.47 Å². The van der Waals surface area contributed by atoms with Crippen LogP contribution in [0, 0.1) is 5.82 Å². The van der Waals surface area contributed by atoms with Gasteiger partial charge in [0.1, 0.15) is 5.82 Å². The number of methoxy groups -OCH3 is 1. The second-order valence-corrected chi connectivity index (χ2v) is 5.97. The van der Waals surface area contributed by atoms with Gasteiger partial charge in [-0.15, -0.1) is 0 Å². The van der Waals surface area contributed by atoms with Gasteiger partial charge in [-0.25, -0.2) is 4.39 Å². The van der Waals surface area contributed by atoms with Crippen LogP contribution in [0.2, 0.25) is 0 Å². The molecule has 2 rings (SSSR count). The topological polar surface area (TPSA) is 54.9 Å². The highest BCUT2D eigenvalue weighted by molar-refractivity contribution is 5.79. The van der Waals surface area contributed by atoms with E-state index in [-0.39, 0.29) is 5.82 Å². The molecule has 2 N–H and O–H groups in total. The van der Waals surface area contributed by atoms with E-state index in [0.717, 1.165) is 30.9 Å². The van der Waals surface area contributed by atoms with Crippen LogP contribution in [0.15, 0.2) is 47.5 Å². The van der Waals surface area contributed by atoms with Crippen LogP contribution in [0.5, 0.6) is 11.5 Å². The molecule has 2 aromatic rings. The third kappa shape index (κ3) is 6.47. The van der Waals surface area contributed by atoms with Crippen molar-refractivity contribution < 1.29 is 13.9 Å². The number of nitrogens with one attached hydrogen (secondary N) is 2. The first-order valence-electron chi connectivity index (χ1n) is 9.15. The number of rotatable bonds is 9. The lowest BCUT2D eigenvalue weighted by molar-refractivity contribution is 0.310. The summed E-state index contributed by atoms with van der Waals surface area (Å²) in [4.78, 5) is 4.17. The summed E-state index contributed by atoms with van der Waals surface area (Å²) in [6, 6.07) is 12.7. The molecule has 0 spiro atoms. The summed E-state index contributed by atoms with van der Waals surface area (Å²) in [6.07, 6.45) is 1.83. The summed E-state index contributed by atoms with van der Waals surface area (Å²) in [5, 5.41) is 6.38. The van der Waals surface area contributed by atoms with Gasteiger partial charge in [-0.1, -0.05) is 24.3 Å². The number of guanidine groups is 1. The van der Waals surface area contributed by atoms with Crippen molar-refractivity contribution in [1.82, 2.24) is 10.6 Å². The van der Waals surface area contributed by atoms with E-state index in [9.17, 15) is 4.39 Å². The molecular formula is C21H28FN3O2. The fourth-order valence-electron chi connectivity index (χ4n) is 2.69. The van der Waals surface area contributed by atoms with Crippen LogP contribution in [-0.4, -0.2) is 33.3 Å². The van der Waals surface area contributed by atoms with Gasteiger partial charge >= 0.3 is 0 Å². The molecule has 0 aromatic heterocycles. The zero-order chi connectivity index (χ0) is 19.5. The van der Waals surface area contributed by atoms with Crippen molar-refractivity contribution in [3.8, 4) is 11.5 Å². The molecule has 0 amide bonds. The van der Waals surface area contributed by atoms with Gasteiger partial charge in [-0.2, -0.15) is 0 Å². The first-order chi connectivity index (χ1) is 13.2. The molecule has 0 saturated carbocycles. The largest absolute Gasteiger partial charge is 0.493 e. The van der Waals surface area contributed by atoms with E-state index in [0.29, 0.717) is 24.7 Å². The number of nitrogens with zero attached hydrogens (tertiary/aromatic N) is 1. The van der Waals surface area contributed by atoms with E-state index in [1.54, 1.807) is 26.3 Å². The minimum Gasteiger partial charge on any atom is -0.493 e. The lowest BCUT2D eigenvalue weighted by Crippen LogP contribution is -2.37. The van der Waals surface area contributed by atoms with Crippen LogP contribution < -0.4 is 20.1 Å². The molecular weight excluding hydrogens is 345 g/mol. The standard InChI is InChI=1S/C21H28FN3O2/c1-4-27-20-14-16(11-12-19(20)26-3)8-7-13-24-21(23-2)25-15-17-9-5-6-10-18(17)22/h5-6,9-12,14H,4,7-8,13,15H2,1-3H3,(H2,23,24,25). The Morgan fingerprint density at radius 3 is 2.63 bits per heavy atom. The van der Waals surface area contributed by atoms with Gasteiger partial charge < -0.3 is 20.1 Å². The molecule has 0 heterocycles. The van der Waals surface area contributed by atoms with Crippen molar-refractivity contribution in [3.63, 3.8) is 0 Å². The Kier molecular flexibility index (Phi) is 8.42. The summed E-state index contributed by atoms with van der Waals surface area (Å²) < 4.78 is 24.6. The minimum atomic E-state index is -0.218. The Hall–Kier alpha value is -2.76. The van der Waals surface area contributed by atoms with Gasteiger partial charge in [0, 0.05) is 25.7 Å². The Morgan fingerprint density at radius 2 is 1.93 bits per heavy atom. The summed E-state index contributed by atoms with van der Waals surface area (Å²) in [5.74, 6) is 1.96. The predicted octanol–water partition coefficient (Wildman–Crippen LogP) is 3.53. The number of halogens is 1. The van der Waals surface area contributed by atoms with Crippen molar-refractivity contribution >= 4 is 5.96 Å². The van der Waals surface area contributed by atoms with E-state index < -0.39 is 0 Å². The zero-order valence-electron chi connectivity index (χ0n) is 16.2. The SMILES string of the molecule is CCOc1cc(CCCNC(=NC)NCc2ccccc2F)ccc1OC. The van der Waals surface area contributed by atoms with E-state index in [1.165, 1.54) is 11.6 Å². The lowest BCUT2D eigenvalue weighted by Gasteiger charge is -2.13. The number of ether oxygens (including phenoxy) is 2. The molecule has 5 nitrogen and oxygen atoms in total. The number of aliphatic imine (C=N–C) groups is 1. The smallest absolute Gasteiger partial charge is 0.191 e. The second-order valence-electron chi connectivity index (χ2n) is 5.97. The molecule has 27 heavy (non-hydrogen) atoms. The monoisotopic (exact) mass is 373 g/mol. The molecule has 6 heteroatoms. The van der Waals surface area contributed by atoms with Crippen molar-refractivity contribution in [1.29, 1.82) is 0 Å². The number of aryl methyl sites for hydroxylation is 1. The van der Waals surface area contributed by atoms with Crippen molar-refractivity contribution in [2.45, 2.75) is 26.3 Å². The normalized spacial score (nSPS) is 11.2. The Bertz CT molecular complexity index is 750. The van der Waals surface area contributed by atoms with Crippen LogP contribution in [0.1, 0.15) is 24.5 Å². The number of hydrogen-bond acceptors (Lipinski definition) is 3. The molecule has 0 unspecified atom stereocenters. The quantitative estimate of drug-likeness (QED) is 0.401. The van der Waals surface area contributed by atoms with E-state index in [1.807, 2.05) is 31.2 Å². The molecule has 146 valence electrons. The third-order valence-corrected chi connectivity index (χ3v) is 4.09. The number of benzene rings is 2. The maximum atomic E-state index is 13.7. The highest BCUT2D eigenvalue weighted by Crippen LogP contribution is 2.28. The summed E-state index contributed by atoms with van der Waals surface area (Å²) in [5.41, 5.74) is 1.80. The van der Waals surface area contributed by atoms with Crippen molar-refractivity contribution in [2.75, 3.05) is 27.3 Å². The van der Waals surface area contributed by atoms with Gasteiger partial charge in [-0.05, 0) is 43.5 Å². The van der Waals surface area contributed by atoms with Crippen molar-refractivity contribution in [3.05, 3.63) is 59.4 Å². The van der Waals surface area contributed by atoms with E-state index >= 15 is 0 Å². The molecule has 0 saturated heterocycles. The second kappa shape index (κ2) is 11.1. The van der Waals surface area contributed by atoms with Crippen LogP contribution >= 0.6 is 0 Å². The Balaban J connectivity index is 1.78. The van der Waals surface area contributed by atoms with Gasteiger partial charge in [0.15, 0.2) is 17.5 Å². The molecule has 2 aromatic carbocycles. The number of hydrogen-bond donors (Lipinski definition) is 2. The summed E-state index contributed by atoms with van der Waals surface area (Å²) in [7, 11) is 3.34. The van der Waals surface area contributed by atoms with Gasteiger partial charge in [-0.3, -0.25) is 4.99 Å². The molecule has 0 aliphatic carbocycles. The molecule has 0 radical (unpaired) electrons. The fraction of sp³-hybridized carbons (Fsp3) is 0.381. The van der Waals surface area contributed by atoms with Crippen molar-refractivity contribution in [2.24, 2.45) is 4.99 Å². The Morgan fingerprint density at radius 1 is 1.11 bits per heavy atom.